The molecule has 0 aromatic heterocycles. The van der Waals surface area contributed by atoms with Crippen LogP contribution in [0.1, 0.15) is 40.4 Å². The summed E-state index contributed by atoms with van der Waals surface area (Å²) in [7, 11) is 0. The van der Waals surface area contributed by atoms with E-state index >= 15 is 0 Å². The molecule has 0 saturated carbocycles. The van der Waals surface area contributed by atoms with Crippen LogP contribution in [-0.2, 0) is 6.42 Å². The van der Waals surface area contributed by atoms with Gasteiger partial charge >= 0.3 is 0 Å². The second-order valence-electron chi connectivity index (χ2n) is 4.86. The molecule has 0 bridgehead atoms. The maximum atomic E-state index is 3.80. The van der Waals surface area contributed by atoms with Crippen molar-refractivity contribution in [2.75, 3.05) is 0 Å². The molecule has 2 rings (SSSR count). The highest BCUT2D eigenvalue weighted by Crippen LogP contribution is 2.33. The van der Waals surface area contributed by atoms with Crippen molar-refractivity contribution < 1.29 is 0 Å². The largest absolute Gasteiger partial charge is 0.0786 e. The second kappa shape index (κ2) is 6.71. The molecule has 0 N–H and O–H groups in total. The lowest BCUT2D eigenvalue weighted by atomic mass is 10.0. The van der Waals surface area contributed by atoms with Gasteiger partial charge in [-0.15, -0.1) is 0 Å². The number of hydrogen-bond donors (Lipinski definition) is 0. The van der Waals surface area contributed by atoms with Gasteiger partial charge in [0.2, 0.25) is 0 Å². The van der Waals surface area contributed by atoms with E-state index in [1.54, 1.807) is 0 Å². The third-order valence-corrected chi connectivity index (χ3v) is 5.21. The molecule has 0 aliphatic rings. The van der Waals surface area contributed by atoms with Gasteiger partial charge in [-0.05, 0) is 41.7 Å². The van der Waals surface area contributed by atoms with Gasteiger partial charge < -0.3 is 0 Å². The fourth-order valence-corrected chi connectivity index (χ4v) is 3.09. The van der Waals surface area contributed by atoms with Gasteiger partial charge in [-0.2, -0.15) is 0 Å². The molecule has 0 heterocycles. The van der Waals surface area contributed by atoms with Crippen molar-refractivity contribution in [3.63, 3.8) is 0 Å². The van der Waals surface area contributed by atoms with Crippen LogP contribution >= 0.6 is 31.9 Å². The van der Waals surface area contributed by atoms with Crippen molar-refractivity contribution in [2.24, 2.45) is 0 Å². The van der Waals surface area contributed by atoms with E-state index in [4.69, 9.17) is 0 Å². The molecule has 0 amide bonds. The Kier molecular flexibility index (Phi) is 5.23. The highest BCUT2D eigenvalue weighted by atomic mass is 79.9. The first kappa shape index (κ1) is 14.8. The van der Waals surface area contributed by atoms with Crippen LogP contribution in [0.5, 0.6) is 0 Å². The molecule has 0 spiro atoms. The molecule has 0 nitrogen and oxygen atoms in total. The normalized spacial score (nSPS) is 12.4. The van der Waals surface area contributed by atoms with Gasteiger partial charge in [0.05, 0.1) is 4.83 Å². The van der Waals surface area contributed by atoms with Gasteiger partial charge in [0, 0.05) is 4.47 Å². The minimum Gasteiger partial charge on any atom is -0.0786 e. The second-order valence-corrected chi connectivity index (χ2v) is 6.63. The molecule has 1 unspecified atom stereocenters. The molecule has 0 saturated heterocycles. The molecule has 0 radical (unpaired) electrons. The summed E-state index contributed by atoms with van der Waals surface area (Å²) in [6.07, 6.45) is 2.35. The van der Waals surface area contributed by atoms with Gasteiger partial charge in [0.15, 0.2) is 0 Å². The van der Waals surface area contributed by atoms with Crippen molar-refractivity contribution in [3.8, 4) is 0 Å². The van der Waals surface area contributed by atoms with E-state index in [9.17, 15) is 0 Å². The zero-order chi connectivity index (χ0) is 13.8. The Balaban J connectivity index is 2.22. The Morgan fingerprint density at radius 1 is 1.00 bits per heavy atom. The monoisotopic (exact) mass is 380 g/mol. The molecule has 100 valence electrons. The van der Waals surface area contributed by atoms with Crippen molar-refractivity contribution >= 4 is 31.9 Å². The summed E-state index contributed by atoms with van der Waals surface area (Å²) in [6, 6.07) is 15.4. The molecule has 2 heteroatoms. The lowest BCUT2D eigenvalue weighted by molar-refractivity contribution is 0.920. The molecule has 0 fully saturated rings. The molecular weight excluding hydrogens is 364 g/mol. The van der Waals surface area contributed by atoms with E-state index < -0.39 is 0 Å². The number of alkyl halides is 1. The third-order valence-electron chi connectivity index (χ3n) is 3.30. The van der Waals surface area contributed by atoms with Crippen LogP contribution < -0.4 is 0 Å². The topological polar surface area (TPSA) is 0 Å². The summed E-state index contributed by atoms with van der Waals surface area (Å²) >= 11 is 7.39. The number of benzene rings is 2. The molecule has 19 heavy (non-hydrogen) atoms. The van der Waals surface area contributed by atoms with E-state index in [0.717, 1.165) is 10.9 Å². The zero-order valence-electron chi connectivity index (χ0n) is 11.3. The fourth-order valence-electron chi connectivity index (χ4n) is 2.10. The van der Waals surface area contributed by atoms with E-state index in [-0.39, 0.29) is 4.83 Å². The first-order valence-electron chi connectivity index (χ1n) is 6.60. The van der Waals surface area contributed by atoms with Gasteiger partial charge in [-0.3, -0.25) is 0 Å². The van der Waals surface area contributed by atoms with Crippen LogP contribution in [0.25, 0.3) is 0 Å². The Hall–Kier alpha value is -0.600. The smallest absolute Gasteiger partial charge is 0.0645 e. The average molecular weight is 382 g/mol. The van der Waals surface area contributed by atoms with Crippen LogP contribution in [0.2, 0.25) is 0 Å². The van der Waals surface area contributed by atoms with Gasteiger partial charge in [0.1, 0.15) is 0 Å². The number of hydrogen-bond acceptors (Lipinski definition) is 0. The van der Waals surface area contributed by atoms with Crippen LogP contribution in [0.3, 0.4) is 0 Å². The minimum absolute atomic E-state index is 0.250. The van der Waals surface area contributed by atoms with E-state index in [2.05, 4.69) is 88.2 Å². The fraction of sp³-hybridized carbons (Fsp3) is 0.294. The Labute approximate surface area is 132 Å². The molecular formula is C17H18Br2. The number of aryl methyl sites for hydroxylation is 2. The van der Waals surface area contributed by atoms with E-state index in [1.807, 2.05) is 0 Å². The Bertz CT molecular complexity index is 544. The zero-order valence-corrected chi connectivity index (χ0v) is 14.5. The first-order chi connectivity index (χ1) is 9.11. The van der Waals surface area contributed by atoms with Crippen molar-refractivity contribution in [1.82, 2.24) is 0 Å². The SMILES string of the molecule is CCCc1ccc(C(Br)c2ccc(C)c(Br)c2)cc1. The predicted octanol–water partition coefficient (Wildman–Crippen LogP) is 6.19. The van der Waals surface area contributed by atoms with Crippen LogP contribution in [-0.4, -0.2) is 0 Å². The third kappa shape index (κ3) is 3.70. The Morgan fingerprint density at radius 3 is 2.21 bits per heavy atom. The minimum atomic E-state index is 0.250. The van der Waals surface area contributed by atoms with Crippen molar-refractivity contribution in [2.45, 2.75) is 31.5 Å². The molecule has 0 aliphatic heterocycles. The molecule has 2 aromatic rings. The molecule has 0 aliphatic carbocycles. The highest BCUT2D eigenvalue weighted by Gasteiger charge is 2.11. The average Bonchev–Trinajstić information content (AvgIpc) is 2.42. The van der Waals surface area contributed by atoms with E-state index in [0.29, 0.717) is 0 Å². The predicted molar refractivity (Wildman–Crippen MR) is 90.1 cm³/mol. The summed E-state index contributed by atoms with van der Waals surface area (Å²) in [5.41, 5.74) is 5.26. The maximum Gasteiger partial charge on any atom is 0.0645 e. The summed E-state index contributed by atoms with van der Waals surface area (Å²) < 4.78 is 1.16. The van der Waals surface area contributed by atoms with Crippen LogP contribution in [0, 0.1) is 6.92 Å². The molecule has 1 atom stereocenters. The molecule has 2 aromatic carbocycles. The standard InChI is InChI=1S/C17H18Br2/c1-3-4-13-6-9-14(10-7-13)17(19)15-8-5-12(2)16(18)11-15/h5-11,17H,3-4H2,1-2H3. The van der Waals surface area contributed by atoms with Crippen molar-refractivity contribution in [3.05, 3.63) is 69.2 Å². The quantitative estimate of drug-likeness (QED) is 0.553. The van der Waals surface area contributed by atoms with Crippen molar-refractivity contribution in [1.29, 1.82) is 0 Å². The number of halogens is 2. The summed E-state index contributed by atoms with van der Waals surface area (Å²) in [4.78, 5) is 0.250. The summed E-state index contributed by atoms with van der Waals surface area (Å²) in [5, 5.41) is 0. The van der Waals surface area contributed by atoms with E-state index in [1.165, 1.54) is 28.7 Å². The Morgan fingerprint density at radius 2 is 1.63 bits per heavy atom. The maximum absolute atomic E-state index is 3.80. The van der Waals surface area contributed by atoms with Gasteiger partial charge in [-0.25, -0.2) is 0 Å². The van der Waals surface area contributed by atoms with Crippen LogP contribution in [0.15, 0.2) is 46.9 Å². The lowest BCUT2D eigenvalue weighted by Crippen LogP contribution is -1.94. The van der Waals surface area contributed by atoms with Gasteiger partial charge in [0.25, 0.3) is 0 Å². The summed E-state index contributed by atoms with van der Waals surface area (Å²) in [6.45, 7) is 4.32. The highest BCUT2D eigenvalue weighted by molar-refractivity contribution is 9.10. The first-order valence-corrected chi connectivity index (χ1v) is 8.31. The number of rotatable bonds is 4. The van der Waals surface area contributed by atoms with Gasteiger partial charge in [-0.1, -0.05) is 81.6 Å². The summed E-state index contributed by atoms with van der Waals surface area (Å²) in [5.74, 6) is 0. The lowest BCUT2D eigenvalue weighted by Gasteiger charge is -2.13. The van der Waals surface area contributed by atoms with Crippen LogP contribution in [0.4, 0.5) is 0 Å².